The summed E-state index contributed by atoms with van der Waals surface area (Å²) < 4.78 is 21.5. The molecule has 0 saturated carbocycles. The molecule has 0 spiro atoms. The molecule has 30 heavy (non-hydrogen) atoms. The molecule has 1 amide bonds. The second kappa shape index (κ2) is 19.6. The van der Waals surface area contributed by atoms with Gasteiger partial charge in [-0.1, -0.05) is 27.7 Å². The molecule has 0 rings (SSSR count). The second-order valence-electron chi connectivity index (χ2n) is 7.45. The van der Waals surface area contributed by atoms with E-state index in [1.54, 1.807) is 0 Å². The van der Waals surface area contributed by atoms with Crippen LogP contribution in [0.15, 0.2) is 0 Å². The van der Waals surface area contributed by atoms with E-state index in [1.807, 2.05) is 27.7 Å². The Morgan fingerprint density at radius 1 is 0.667 bits per heavy atom. The first kappa shape index (κ1) is 28.6. The molecule has 8 heteroatoms. The average Bonchev–Trinajstić information content (AvgIpc) is 2.73. The minimum Gasteiger partial charge on any atom is -0.379 e. The van der Waals surface area contributed by atoms with E-state index in [1.165, 1.54) is 0 Å². The molecule has 0 saturated heterocycles. The number of ketones is 2. The Kier molecular flexibility index (Phi) is 18.7. The molecular formula is C22H41NO7. The molecule has 0 aliphatic carbocycles. The Morgan fingerprint density at radius 3 is 1.67 bits per heavy atom. The second-order valence-corrected chi connectivity index (χ2v) is 7.45. The predicted molar refractivity (Wildman–Crippen MR) is 114 cm³/mol. The van der Waals surface area contributed by atoms with Gasteiger partial charge in [-0.25, -0.2) is 0 Å². The van der Waals surface area contributed by atoms with E-state index >= 15 is 0 Å². The van der Waals surface area contributed by atoms with Crippen molar-refractivity contribution >= 4 is 17.5 Å². The van der Waals surface area contributed by atoms with Crippen molar-refractivity contribution in [2.75, 3.05) is 59.4 Å². The van der Waals surface area contributed by atoms with E-state index in [9.17, 15) is 14.4 Å². The standard InChI is InChI=1S/C22H41NO7/c1-5-19(4)21(25)6-7-22(26)23-9-11-28-13-15-30-17-16-29-14-12-27-10-8-20(24)18(2)3/h18-19H,5-17H2,1-4H3,(H,23,26). The topological polar surface area (TPSA) is 100 Å². The highest BCUT2D eigenvalue weighted by molar-refractivity contribution is 5.86. The van der Waals surface area contributed by atoms with E-state index < -0.39 is 0 Å². The molecule has 176 valence electrons. The fraction of sp³-hybridized carbons (Fsp3) is 0.864. The largest absolute Gasteiger partial charge is 0.379 e. The Labute approximate surface area is 181 Å². The molecule has 0 aliphatic rings. The molecule has 0 aromatic carbocycles. The van der Waals surface area contributed by atoms with E-state index in [0.29, 0.717) is 72.2 Å². The number of nitrogens with one attached hydrogen (secondary N) is 1. The zero-order valence-corrected chi connectivity index (χ0v) is 19.2. The number of amides is 1. The maximum absolute atomic E-state index is 11.7. The van der Waals surface area contributed by atoms with Crippen LogP contribution >= 0.6 is 0 Å². The summed E-state index contributed by atoms with van der Waals surface area (Å²) >= 11 is 0. The molecule has 0 aromatic heterocycles. The lowest BCUT2D eigenvalue weighted by atomic mass is 10.00. The van der Waals surface area contributed by atoms with Crippen LogP contribution in [0.1, 0.15) is 53.4 Å². The third-order valence-corrected chi connectivity index (χ3v) is 4.58. The normalized spacial score (nSPS) is 12.2. The Hall–Kier alpha value is -1.35. The molecule has 0 radical (unpaired) electrons. The molecule has 0 bridgehead atoms. The molecule has 0 aliphatic heterocycles. The van der Waals surface area contributed by atoms with Gasteiger partial charge in [0.1, 0.15) is 11.6 Å². The lowest BCUT2D eigenvalue weighted by molar-refractivity contribution is -0.127. The summed E-state index contributed by atoms with van der Waals surface area (Å²) in [6.07, 6.45) is 1.77. The monoisotopic (exact) mass is 431 g/mol. The lowest BCUT2D eigenvalue weighted by Crippen LogP contribution is -2.28. The summed E-state index contributed by atoms with van der Waals surface area (Å²) in [5, 5.41) is 2.74. The molecule has 0 fully saturated rings. The SMILES string of the molecule is CCC(C)C(=O)CCC(=O)NCCOCCOCCOCCOCCC(=O)C(C)C. The van der Waals surface area contributed by atoms with Crippen LogP contribution in [-0.4, -0.2) is 76.9 Å². The highest BCUT2D eigenvalue weighted by Gasteiger charge is 2.12. The first-order chi connectivity index (χ1) is 14.4. The van der Waals surface area contributed by atoms with Crippen LogP contribution in [0.25, 0.3) is 0 Å². The molecule has 8 nitrogen and oxygen atoms in total. The van der Waals surface area contributed by atoms with Crippen molar-refractivity contribution < 1.29 is 33.3 Å². The van der Waals surface area contributed by atoms with Crippen molar-refractivity contribution in [1.29, 1.82) is 0 Å². The average molecular weight is 432 g/mol. The fourth-order valence-electron chi connectivity index (χ4n) is 2.29. The van der Waals surface area contributed by atoms with Crippen molar-refractivity contribution in [3.63, 3.8) is 0 Å². The summed E-state index contributed by atoms with van der Waals surface area (Å²) in [4.78, 5) is 34.7. The predicted octanol–water partition coefficient (Wildman–Crippen LogP) is 2.18. The first-order valence-electron chi connectivity index (χ1n) is 11.0. The molecule has 0 heterocycles. The van der Waals surface area contributed by atoms with Gasteiger partial charge >= 0.3 is 0 Å². The van der Waals surface area contributed by atoms with Crippen LogP contribution < -0.4 is 5.32 Å². The van der Waals surface area contributed by atoms with Crippen LogP contribution in [0.3, 0.4) is 0 Å². The minimum absolute atomic E-state index is 0.0198. The van der Waals surface area contributed by atoms with Gasteiger partial charge in [-0.05, 0) is 6.42 Å². The highest BCUT2D eigenvalue weighted by Crippen LogP contribution is 2.06. The van der Waals surface area contributed by atoms with Crippen molar-refractivity contribution in [2.45, 2.75) is 53.4 Å². The fourth-order valence-corrected chi connectivity index (χ4v) is 2.29. The number of hydrogen-bond donors (Lipinski definition) is 1. The van der Waals surface area contributed by atoms with Gasteiger partial charge in [0.15, 0.2) is 0 Å². The Bertz CT molecular complexity index is 468. The van der Waals surface area contributed by atoms with Crippen LogP contribution in [0.5, 0.6) is 0 Å². The summed E-state index contributed by atoms with van der Waals surface area (Å²) in [7, 11) is 0. The molecule has 1 N–H and O–H groups in total. The zero-order valence-electron chi connectivity index (χ0n) is 19.2. The lowest BCUT2D eigenvalue weighted by Gasteiger charge is -2.09. The van der Waals surface area contributed by atoms with E-state index in [2.05, 4.69) is 5.32 Å². The Morgan fingerprint density at radius 2 is 1.17 bits per heavy atom. The molecule has 1 atom stereocenters. The number of carbonyl (C=O) groups is 3. The van der Waals surface area contributed by atoms with Crippen LogP contribution in [0.2, 0.25) is 0 Å². The van der Waals surface area contributed by atoms with Gasteiger partial charge < -0.3 is 24.3 Å². The summed E-state index contributed by atoms with van der Waals surface area (Å²) in [5.74, 6) is 0.296. The summed E-state index contributed by atoms with van der Waals surface area (Å²) in [6, 6.07) is 0. The molecular weight excluding hydrogens is 390 g/mol. The van der Waals surface area contributed by atoms with Gasteiger partial charge in [0.2, 0.25) is 5.91 Å². The van der Waals surface area contributed by atoms with Gasteiger partial charge in [-0.3, -0.25) is 14.4 Å². The number of rotatable bonds is 21. The van der Waals surface area contributed by atoms with Gasteiger partial charge in [-0.2, -0.15) is 0 Å². The van der Waals surface area contributed by atoms with Crippen LogP contribution in [-0.2, 0) is 33.3 Å². The van der Waals surface area contributed by atoms with Gasteiger partial charge in [0.05, 0.1) is 52.9 Å². The minimum atomic E-state index is -0.126. The van der Waals surface area contributed by atoms with Gasteiger partial charge in [-0.15, -0.1) is 0 Å². The maximum atomic E-state index is 11.7. The van der Waals surface area contributed by atoms with E-state index in [-0.39, 0.29) is 35.7 Å². The van der Waals surface area contributed by atoms with Crippen molar-refractivity contribution in [2.24, 2.45) is 11.8 Å². The molecule has 0 aromatic rings. The quantitative estimate of drug-likeness (QED) is 0.278. The molecule has 1 unspecified atom stereocenters. The van der Waals surface area contributed by atoms with Crippen molar-refractivity contribution in [1.82, 2.24) is 5.32 Å². The first-order valence-corrected chi connectivity index (χ1v) is 11.0. The smallest absolute Gasteiger partial charge is 0.220 e. The van der Waals surface area contributed by atoms with Gasteiger partial charge in [0.25, 0.3) is 0 Å². The number of ether oxygens (including phenoxy) is 4. The summed E-state index contributed by atoms with van der Waals surface area (Å²) in [6.45, 7) is 11.6. The summed E-state index contributed by atoms with van der Waals surface area (Å²) in [5.41, 5.74) is 0. The number of Topliss-reactive ketones (excluding diaryl/α,β-unsaturated/α-hetero) is 2. The third-order valence-electron chi connectivity index (χ3n) is 4.58. The van der Waals surface area contributed by atoms with Gasteiger partial charge in [0, 0.05) is 37.6 Å². The third kappa shape index (κ3) is 17.5. The van der Waals surface area contributed by atoms with E-state index in [4.69, 9.17) is 18.9 Å². The Balaban J connectivity index is 3.29. The zero-order chi connectivity index (χ0) is 22.6. The highest BCUT2D eigenvalue weighted by atomic mass is 16.6. The van der Waals surface area contributed by atoms with Crippen molar-refractivity contribution in [3.8, 4) is 0 Å². The van der Waals surface area contributed by atoms with Crippen molar-refractivity contribution in [3.05, 3.63) is 0 Å². The van der Waals surface area contributed by atoms with Crippen LogP contribution in [0.4, 0.5) is 0 Å². The van der Waals surface area contributed by atoms with Crippen LogP contribution in [0, 0.1) is 11.8 Å². The number of carbonyl (C=O) groups excluding carboxylic acids is 3. The van der Waals surface area contributed by atoms with E-state index in [0.717, 1.165) is 6.42 Å². The number of hydrogen-bond acceptors (Lipinski definition) is 7. The maximum Gasteiger partial charge on any atom is 0.220 e.